The van der Waals surface area contributed by atoms with Gasteiger partial charge >= 0.3 is 12.0 Å². The summed E-state index contributed by atoms with van der Waals surface area (Å²) in [6.07, 6.45) is -0.202. The van der Waals surface area contributed by atoms with E-state index in [1.165, 1.54) is 25.3 Å². The Kier molecular flexibility index (Phi) is 5.86. The Morgan fingerprint density at radius 2 is 1.96 bits per heavy atom. The number of ether oxygens (including phenoxy) is 2. The summed E-state index contributed by atoms with van der Waals surface area (Å²) in [6.45, 7) is 2.57. The number of rotatable bonds is 7. The van der Waals surface area contributed by atoms with Gasteiger partial charge in [-0.15, -0.1) is 0 Å². The minimum Gasteiger partial charge on any atom is -0.495 e. The summed E-state index contributed by atoms with van der Waals surface area (Å²) in [5.41, 5.74) is -0.718. The highest BCUT2D eigenvalue weighted by Gasteiger charge is 2.44. The van der Waals surface area contributed by atoms with Gasteiger partial charge < -0.3 is 14.8 Å². The minimum absolute atomic E-state index is 0.116. The van der Waals surface area contributed by atoms with Crippen LogP contribution in [0, 0.1) is 0 Å². The van der Waals surface area contributed by atoms with Gasteiger partial charge in [0.15, 0.2) is 12.4 Å². The second kappa shape index (κ2) is 7.74. The van der Waals surface area contributed by atoms with Crippen LogP contribution in [0.1, 0.15) is 30.6 Å². The Bertz CT molecular complexity index is 762. The molecule has 9 heteroatoms. The van der Waals surface area contributed by atoms with Crippen molar-refractivity contribution in [3.8, 4) is 5.75 Å². The summed E-state index contributed by atoms with van der Waals surface area (Å²) in [5, 5.41) is 2.78. The first-order valence-corrected chi connectivity index (χ1v) is 8.20. The molecule has 0 atom stereocenters. The molecule has 140 valence electrons. The van der Waals surface area contributed by atoms with Crippen LogP contribution in [0.2, 0.25) is 5.02 Å². The molecule has 1 aromatic carbocycles. The van der Waals surface area contributed by atoms with Crippen molar-refractivity contribution >= 4 is 35.3 Å². The zero-order valence-electron chi connectivity index (χ0n) is 14.6. The summed E-state index contributed by atoms with van der Waals surface area (Å²) in [5.74, 6) is -1.11. The fourth-order valence-electron chi connectivity index (χ4n) is 2.37. The lowest BCUT2D eigenvalue weighted by Crippen LogP contribution is -2.40. The molecule has 1 fully saturated rings. The topological polar surface area (TPSA) is 102 Å². The lowest BCUT2D eigenvalue weighted by molar-refractivity contribution is -0.143. The Morgan fingerprint density at radius 3 is 2.50 bits per heavy atom. The largest absolute Gasteiger partial charge is 0.495 e. The molecule has 0 unspecified atom stereocenters. The van der Waals surface area contributed by atoms with Crippen LogP contribution < -0.4 is 10.1 Å². The maximum atomic E-state index is 12.0. The maximum absolute atomic E-state index is 12.0. The second-order valence-corrected chi connectivity index (χ2v) is 6.60. The van der Waals surface area contributed by atoms with Crippen molar-refractivity contribution < 1.29 is 28.7 Å². The van der Waals surface area contributed by atoms with Crippen LogP contribution in [0.5, 0.6) is 5.75 Å². The number of methoxy groups -OCH3 is 1. The number of halogens is 1. The van der Waals surface area contributed by atoms with Crippen molar-refractivity contribution in [3.63, 3.8) is 0 Å². The normalized spacial score (nSPS) is 15.6. The van der Waals surface area contributed by atoms with Crippen molar-refractivity contribution in [2.45, 2.75) is 25.8 Å². The number of amides is 3. The lowest BCUT2D eigenvalue weighted by atomic mass is 10.1. The third kappa shape index (κ3) is 4.32. The number of nitrogens with one attached hydrogen (secondary N) is 1. The van der Waals surface area contributed by atoms with E-state index in [0.29, 0.717) is 5.75 Å². The average molecular weight is 383 g/mol. The fraction of sp³-hybridized carbons (Fsp3) is 0.412. The molecule has 1 aliphatic heterocycles. The van der Waals surface area contributed by atoms with Crippen molar-refractivity contribution in [1.29, 1.82) is 0 Å². The number of carbonyl (C=O) groups excluding carboxylic acids is 4. The predicted molar refractivity (Wildman–Crippen MR) is 92.2 cm³/mol. The first kappa shape index (κ1) is 19.7. The SMILES string of the molecule is COc1ccc(C(=O)COC(=O)CCN2C(=O)NC(C)(C)C2=O)cc1Cl. The summed E-state index contributed by atoms with van der Waals surface area (Å²) in [7, 11) is 1.46. The van der Waals surface area contributed by atoms with E-state index in [1.54, 1.807) is 13.8 Å². The van der Waals surface area contributed by atoms with E-state index in [0.717, 1.165) is 4.90 Å². The number of hydrogen-bond acceptors (Lipinski definition) is 6. The number of ketones is 1. The van der Waals surface area contributed by atoms with E-state index in [-0.39, 0.29) is 23.6 Å². The quantitative estimate of drug-likeness (QED) is 0.438. The third-order valence-electron chi connectivity index (χ3n) is 3.82. The molecule has 2 rings (SSSR count). The van der Waals surface area contributed by atoms with Gasteiger partial charge in [0, 0.05) is 12.1 Å². The molecule has 26 heavy (non-hydrogen) atoms. The first-order valence-electron chi connectivity index (χ1n) is 7.82. The second-order valence-electron chi connectivity index (χ2n) is 6.20. The summed E-state index contributed by atoms with van der Waals surface area (Å²) >= 11 is 5.95. The van der Waals surface area contributed by atoms with Crippen LogP contribution in [0.15, 0.2) is 18.2 Å². The van der Waals surface area contributed by atoms with E-state index < -0.39 is 35.8 Å². The predicted octanol–water partition coefficient (Wildman–Crippen LogP) is 1.79. The van der Waals surface area contributed by atoms with Gasteiger partial charge in [0.05, 0.1) is 18.6 Å². The Balaban J connectivity index is 1.83. The molecule has 1 saturated heterocycles. The standard InChI is InChI=1S/C17H19ClN2O6/c1-17(2)15(23)20(16(24)19-17)7-6-14(22)26-9-12(21)10-4-5-13(25-3)11(18)8-10/h4-5,8H,6-7,9H2,1-3H3,(H,19,24). The maximum Gasteiger partial charge on any atom is 0.325 e. The molecular formula is C17H19ClN2O6. The van der Waals surface area contributed by atoms with Gasteiger partial charge in [0.25, 0.3) is 5.91 Å². The number of imide groups is 1. The van der Waals surface area contributed by atoms with E-state index in [9.17, 15) is 19.2 Å². The third-order valence-corrected chi connectivity index (χ3v) is 4.12. The molecule has 0 radical (unpaired) electrons. The molecule has 0 spiro atoms. The average Bonchev–Trinajstić information content (AvgIpc) is 2.78. The molecule has 8 nitrogen and oxygen atoms in total. The van der Waals surface area contributed by atoms with Crippen molar-refractivity contribution in [2.24, 2.45) is 0 Å². The van der Waals surface area contributed by atoms with Crippen molar-refractivity contribution in [3.05, 3.63) is 28.8 Å². The smallest absolute Gasteiger partial charge is 0.325 e. The van der Waals surface area contributed by atoms with E-state index in [1.807, 2.05) is 0 Å². The molecule has 0 saturated carbocycles. The van der Waals surface area contributed by atoms with Gasteiger partial charge in [-0.3, -0.25) is 19.3 Å². The van der Waals surface area contributed by atoms with Crippen LogP contribution in [0.4, 0.5) is 4.79 Å². The minimum atomic E-state index is -0.995. The monoisotopic (exact) mass is 382 g/mol. The molecule has 0 bridgehead atoms. The summed E-state index contributed by atoms with van der Waals surface area (Å²) in [4.78, 5) is 48.5. The van der Waals surface area contributed by atoms with Crippen LogP contribution in [0.25, 0.3) is 0 Å². The van der Waals surface area contributed by atoms with Gasteiger partial charge in [-0.2, -0.15) is 0 Å². The number of carbonyl (C=O) groups is 4. The van der Waals surface area contributed by atoms with Crippen molar-refractivity contribution in [1.82, 2.24) is 10.2 Å². The van der Waals surface area contributed by atoms with Crippen LogP contribution in [-0.4, -0.2) is 54.4 Å². The zero-order chi connectivity index (χ0) is 19.5. The van der Waals surface area contributed by atoms with E-state index >= 15 is 0 Å². The van der Waals surface area contributed by atoms with Gasteiger partial charge in [-0.05, 0) is 32.0 Å². The number of benzene rings is 1. The summed E-state index contributed by atoms with van der Waals surface area (Å²) in [6, 6.07) is 3.91. The number of hydrogen-bond donors (Lipinski definition) is 1. The lowest BCUT2D eigenvalue weighted by Gasteiger charge is -2.15. The molecule has 0 aliphatic carbocycles. The molecule has 1 heterocycles. The molecule has 1 aromatic rings. The van der Waals surface area contributed by atoms with Crippen LogP contribution >= 0.6 is 11.6 Å². The highest BCUT2D eigenvalue weighted by atomic mass is 35.5. The molecular weight excluding hydrogens is 364 g/mol. The van der Waals surface area contributed by atoms with Gasteiger partial charge in [0.2, 0.25) is 0 Å². The van der Waals surface area contributed by atoms with Gasteiger partial charge in [-0.1, -0.05) is 11.6 Å². The Morgan fingerprint density at radius 1 is 1.27 bits per heavy atom. The molecule has 1 N–H and O–H groups in total. The highest BCUT2D eigenvalue weighted by Crippen LogP contribution is 2.25. The Labute approximate surface area is 155 Å². The molecule has 3 amide bonds. The number of nitrogens with zero attached hydrogens (tertiary/aromatic N) is 1. The van der Waals surface area contributed by atoms with E-state index in [2.05, 4.69) is 5.32 Å². The number of Topliss-reactive ketones (excluding diaryl/α,β-unsaturated/α-hetero) is 1. The van der Waals surface area contributed by atoms with Gasteiger partial charge in [0.1, 0.15) is 11.3 Å². The summed E-state index contributed by atoms with van der Waals surface area (Å²) < 4.78 is 9.90. The van der Waals surface area contributed by atoms with E-state index in [4.69, 9.17) is 21.1 Å². The van der Waals surface area contributed by atoms with Crippen LogP contribution in [-0.2, 0) is 14.3 Å². The molecule has 0 aromatic heterocycles. The number of urea groups is 1. The first-order chi connectivity index (χ1) is 12.2. The van der Waals surface area contributed by atoms with Gasteiger partial charge in [-0.25, -0.2) is 4.79 Å². The Hall–Kier alpha value is -2.61. The highest BCUT2D eigenvalue weighted by molar-refractivity contribution is 6.32. The van der Waals surface area contributed by atoms with Crippen LogP contribution in [0.3, 0.4) is 0 Å². The number of esters is 1. The molecule has 1 aliphatic rings. The zero-order valence-corrected chi connectivity index (χ0v) is 15.4. The van der Waals surface area contributed by atoms with Crippen molar-refractivity contribution in [2.75, 3.05) is 20.3 Å². The fourth-order valence-corrected chi connectivity index (χ4v) is 2.62.